The summed E-state index contributed by atoms with van der Waals surface area (Å²) in [7, 11) is 0. The van der Waals surface area contributed by atoms with Crippen molar-refractivity contribution in [3.8, 4) is 0 Å². The highest BCUT2D eigenvalue weighted by molar-refractivity contribution is 6.35. The van der Waals surface area contributed by atoms with Crippen molar-refractivity contribution in [1.29, 1.82) is 0 Å². The van der Waals surface area contributed by atoms with E-state index in [1.807, 2.05) is 0 Å². The first-order valence-electron chi connectivity index (χ1n) is 5.84. The van der Waals surface area contributed by atoms with E-state index in [4.69, 9.17) is 23.2 Å². The number of hydrogen-bond donors (Lipinski definition) is 1. The molecular formula is C13H12Cl2N2O3. The molecule has 7 heteroatoms. The van der Waals surface area contributed by atoms with Crippen LogP contribution in [0.25, 0.3) is 0 Å². The molecule has 106 valence electrons. The average Bonchev–Trinajstić information content (AvgIpc) is 2.32. The van der Waals surface area contributed by atoms with Crippen molar-refractivity contribution in [3.05, 3.63) is 33.8 Å². The summed E-state index contributed by atoms with van der Waals surface area (Å²) in [6.45, 7) is 2.94. The molecule has 0 unspecified atom stereocenters. The molecule has 0 bridgehead atoms. The summed E-state index contributed by atoms with van der Waals surface area (Å²) < 4.78 is 0. The number of rotatable bonds is 1. The van der Waals surface area contributed by atoms with Gasteiger partial charge in [-0.25, -0.2) is 0 Å². The highest BCUT2D eigenvalue weighted by Crippen LogP contribution is 2.24. The Kier molecular flexibility index (Phi) is 3.75. The van der Waals surface area contributed by atoms with Crippen LogP contribution in [0.1, 0.15) is 24.2 Å². The number of nitrogens with one attached hydrogen (secondary N) is 1. The third-order valence-electron chi connectivity index (χ3n) is 3.14. The van der Waals surface area contributed by atoms with E-state index >= 15 is 0 Å². The normalized spacial score (nSPS) is 17.9. The number of nitrogens with zero attached hydrogens (tertiary/aromatic N) is 1. The van der Waals surface area contributed by atoms with Gasteiger partial charge in [0.2, 0.25) is 5.91 Å². The lowest BCUT2D eigenvalue weighted by Gasteiger charge is -2.40. The van der Waals surface area contributed by atoms with Crippen LogP contribution in [0.5, 0.6) is 0 Å². The maximum atomic E-state index is 12.5. The van der Waals surface area contributed by atoms with Gasteiger partial charge in [-0.05, 0) is 32.0 Å². The van der Waals surface area contributed by atoms with E-state index in [1.165, 1.54) is 23.1 Å². The number of imide groups is 1. The molecule has 0 radical (unpaired) electrons. The Balaban J connectivity index is 2.40. The van der Waals surface area contributed by atoms with Crippen molar-refractivity contribution >= 4 is 40.9 Å². The van der Waals surface area contributed by atoms with Gasteiger partial charge in [0.05, 0.1) is 0 Å². The van der Waals surface area contributed by atoms with Gasteiger partial charge in [0.25, 0.3) is 11.8 Å². The summed E-state index contributed by atoms with van der Waals surface area (Å²) in [4.78, 5) is 37.0. The van der Waals surface area contributed by atoms with Gasteiger partial charge in [-0.15, -0.1) is 0 Å². The zero-order valence-electron chi connectivity index (χ0n) is 10.9. The van der Waals surface area contributed by atoms with Gasteiger partial charge in [-0.3, -0.25) is 19.7 Å². The molecule has 1 N–H and O–H groups in total. The highest BCUT2D eigenvalue weighted by Gasteiger charge is 2.43. The maximum absolute atomic E-state index is 12.5. The summed E-state index contributed by atoms with van der Waals surface area (Å²) in [5.74, 6) is -1.51. The van der Waals surface area contributed by atoms with Crippen LogP contribution in [0.3, 0.4) is 0 Å². The van der Waals surface area contributed by atoms with Gasteiger partial charge in [0.15, 0.2) is 0 Å². The van der Waals surface area contributed by atoms with Crippen LogP contribution < -0.4 is 5.32 Å². The Morgan fingerprint density at radius 2 is 1.75 bits per heavy atom. The molecule has 2 rings (SSSR count). The van der Waals surface area contributed by atoms with Gasteiger partial charge in [0, 0.05) is 15.6 Å². The van der Waals surface area contributed by atoms with Gasteiger partial charge in [-0.2, -0.15) is 0 Å². The second-order valence-corrected chi connectivity index (χ2v) is 5.86. The molecule has 0 aliphatic carbocycles. The number of hydrogen-bond acceptors (Lipinski definition) is 3. The summed E-state index contributed by atoms with van der Waals surface area (Å²) >= 11 is 11.7. The van der Waals surface area contributed by atoms with Crippen molar-refractivity contribution in [2.45, 2.75) is 19.4 Å². The minimum Gasteiger partial charge on any atom is -0.315 e. The summed E-state index contributed by atoms with van der Waals surface area (Å²) in [6, 6.07) is 4.39. The summed E-state index contributed by atoms with van der Waals surface area (Å²) in [5.41, 5.74) is -0.891. The van der Waals surface area contributed by atoms with Crippen LogP contribution in [-0.2, 0) is 9.59 Å². The molecule has 5 nitrogen and oxygen atoms in total. The summed E-state index contributed by atoms with van der Waals surface area (Å²) in [6.07, 6.45) is 0. The van der Waals surface area contributed by atoms with Gasteiger partial charge >= 0.3 is 0 Å². The molecule has 0 atom stereocenters. The van der Waals surface area contributed by atoms with Crippen molar-refractivity contribution in [2.24, 2.45) is 0 Å². The second kappa shape index (κ2) is 5.07. The highest BCUT2D eigenvalue weighted by atomic mass is 35.5. The van der Waals surface area contributed by atoms with E-state index in [1.54, 1.807) is 13.8 Å². The second-order valence-electron chi connectivity index (χ2n) is 4.99. The van der Waals surface area contributed by atoms with Crippen LogP contribution >= 0.6 is 23.2 Å². The number of piperazine rings is 1. The number of carbonyl (C=O) groups excluding carboxylic acids is 3. The van der Waals surface area contributed by atoms with E-state index in [9.17, 15) is 14.4 Å². The molecule has 20 heavy (non-hydrogen) atoms. The minimum atomic E-state index is -1.13. The lowest BCUT2D eigenvalue weighted by Crippen LogP contribution is -2.65. The van der Waals surface area contributed by atoms with E-state index in [2.05, 4.69) is 5.32 Å². The smallest absolute Gasteiger partial charge is 0.255 e. The molecule has 0 aromatic heterocycles. The Bertz CT molecular complexity index is 593. The fraction of sp³-hybridized carbons (Fsp3) is 0.308. The molecule has 0 saturated carbocycles. The van der Waals surface area contributed by atoms with E-state index < -0.39 is 23.3 Å². The van der Waals surface area contributed by atoms with Crippen molar-refractivity contribution in [3.63, 3.8) is 0 Å². The third kappa shape index (κ3) is 2.64. The fourth-order valence-electron chi connectivity index (χ4n) is 1.94. The first-order chi connectivity index (χ1) is 9.21. The van der Waals surface area contributed by atoms with Gasteiger partial charge < -0.3 is 4.90 Å². The van der Waals surface area contributed by atoms with Crippen molar-refractivity contribution in [1.82, 2.24) is 10.2 Å². The van der Waals surface area contributed by atoms with E-state index in [0.717, 1.165) is 0 Å². The molecule has 1 aliphatic rings. The Morgan fingerprint density at radius 3 is 2.30 bits per heavy atom. The molecule has 1 saturated heterocycles. The predicted molar refractivity (Wildman–Crippen MR) is 74.7 cm³/mol. The predicted octanol–water partition coefficient (Wildman–Crippen LogP) is 1.87. The third-order valence-corrected chi connectivity index (χ3v) is 3.58. The molecule has 0 spiro atoms. The molecule has 1 aromatic rings. The quantitative estimate of drug-likeness (QED) is 0.805. The zero-order chi connectivity index (χ0) is 15.1. The summed E-state index contributed by atoms with van der Waals surface area (Å²) in [5, 5.41) is 2.83. The molecule has 1 aromatic carbocycles. The number of amides is 3. The number of halogens is 2. The van der Waals surface area contributed by atoms with Crippen LogP contribution in [0.15, 0.2) is 18.2 Å². The van der Waals surface area contributed by atoms with Gasteiger partial charge in [-0.1, -0.05) is 23.2 Å². The zero-order valence-corrected chi connectivity index (χ0v) is 12.4. The molecule has 3 amide bonds. The first-order valence-corrected chi connectivity index (χ1v) is 6.60. The minimum absolute atomic E-state index is 0.193. The molecule has 1 fully saturated rings. The lowest BCUT2D eigenvalue weighted by atomic mass is 9.97. The molecule has 1 aliphatic heterocycles. The monoisotopic (exact) mass is 314 g/mol. The van der Waals surface area contributed by atoms with Crippen molar-refractivity contribution < 1.29 is 14.4 Å². The van der Waals surface area contributed by atoms with Crippen LogP contribution in [0.2, 0.25) is 10.0 Å². The topological polar surface area (TPSA) is 66.5 Å². The lowest BCUT2D eigenvalue weighted by molar-refractivity contribution is -0.143. The van der Waals surface area contributed by atoms with Gasteiger partial charge in [0.1, 0.15) is 12.1 Å². The first kappa shape index (κ1) is 14.8. The number of benzene rings is 1. The average molecular weight is 315 g/mol. The fourth-order valence-corrected chi connectivity index (χ4v) is 2.47. The van der Waals surface area contributed by atoms with Crippen LogP contribution in [0.4, 0.5) is 0 Å². The number of carbonyl (C=O) groups is 3. The largest absolute Gasteiger partial charge is 0.315 e. The van der Waals surface area contributed by atoms with E-state index in [0.29, 0.717) is 10.0 Å². The van der Waals surface area contributed by atoms with Crippen molar-refractivity contribution in [2.75, 3.05) is 6.54 Å². The molecule has 1 heterocycles. The Hall–Kier alpha value is -1.59. The Labute approximate surface area is 125 Å². The van der Waals surface area contributed by atoms with E-state index in [-0.39, 0.29) is 12.1 Å². The standard InChI is InChI=1S/C13H12Cl2N2O3/c1-13(2)12(20)16-10(18)6-17(13)11(19)7-3-8(14)5-9(15)4-7/h3-5H,6H2,1-2H3,(H,16,18,20). The Morgan fingerprint density at radius 1 is 1.20 bits per heavy atom. The SMILES string of the molecule is CC1(C)C(=O)NC(=O)CN1C(=O)c1cc(Cl)cc(Cl)c1. The van der Waals surface area contributed by atoms with Crippen LogP contribution in [-0.4, -0.2) is 34.7 Å². The maximum Gasteiger partial charge on any atom is 0.255 e. The molecular weight excluding hydrogens is 303 g/mol. The van der Waals surface area contributed by atoms with Crippen LogP contribution in [0, 0.1) is 0 Å².